The van der Waals surface area contributed by atoms with Crippen molar-refractivity contribution in [3.8, 4) is 0 Å². The highest BCUT2D eigenvalue weighted by molar-refractivity contribution is 5.81. The van der Waals surface area contributed by atoms with E-state index in [2.05, 4.69) is 44.3 Å². The highest BCUT2D eigenvalue weighted by Gasteiger charge is 2.06. The first kappa shape index (κ1) is 13.2. The minimum atomic E-state index is 0.706. The zero-order valence-electron chi connectivity index (χ0n) is 11.6. The van der Waals surface area contributed by atoms with Crippen LogP contribution < -0.4 is 5.32 Å². The molecule has 2 nitrogen and oxygen atoms in total. The number of hydrogen-bond acceptors (Lipinski definition) is 2. The van der Waals surface area contributed by atoms with Gasteiger partial charge in [-0.2, -0.15) is 0 Å². The van der Waals surface area contributed by atoms with E-state index in [-0.39, 0.29) is 0 Å². The molecule has 98 valence electrons. The summed E-state index contributed by atoms with van der Waals surface area (Å²) in [6.07, 6.45) is 4.01. The molecule has 2 aromatic rings. The number of rotatable bonds is 6. The van der Waals surface area contributed by atoms with Gasteiger partial charge in [0.05, 0.1) is 6.26 Å². The molecule has 0 radical (unpaired) electrons. The summed E-state index contributed by atoms with van der Waals surface area (Å²) in [5.74, 6) is 0.706. The molecule has 0 amide bonds. The maximum Gasteiger partial charge on any atom is 0.134 e. The van der Waals surface area contributed by atoms with E-state index >= 15 is 0 Å². The predicted octanol–water partition coefficient (Wildman–Crippen LogP) is 3.78. The maximum absolute atomic E-state index is 5.60. The maximum atomic E-state index is 5.60. The minimum Gasteiger partial charge on any atom is -0.464 e. The summed E-state index contributed by atoms with van der Waals surface area (Å²) >= 11 is 0. The average molecular weight is 245 g/mol. The Morgan fingerprint density at radius 1 is 1.28 bits per heavy atom. The van der Waals surface area contributed by atoms with Crippen molar-refractivity contribution < 1.29 is 4.42 Å². The van der Waals surface area contributed by atoms with Crippen LogP contribution in [0.5, 0.6) is 0 Å². The van der Waals surface area contributed by atoms with Gasteiger partial charge >= 0.3 is 0 Å². The number of furan rings is 1. The van der Waals surface area contributed by atoms with Gasteiger partial charge in [0.1, 0.15) is 5.58 Å². The lowest BCUT2D eigenvalue weighted by Gasteiger charge is -2.06. The third kappa shape index (κ3) is 3.14. The summed E-state index contributed by atoms with van der Waals surface area (Å²) in [4.78, 5) is 0. The van der Waals surface area contributed by atoms with Crippen LogP contribution in [-0.2, 0) is 12.8 Å². The predicted molar refractivity (Wildman–Crippen MR) is 77.0 cm³/mol. The quantitative estimate of drug-likeness (QED) is 0.783. The number of hydrogen-bond donors (Lipinski definition) is 1. The van der Waals surface area contributed by atoms with Crippen molar-refractivity contribution in [2.45, 2.75) is 33.6 Å². The van der Waals surface area contributed by atoms with Crippen LogP contribution >= 0.6 is 0 Å². The molecule has 2 heteroatoms. The van der Waals surface area contributed by atoms with Crippen LogP contribution in [0.1, 0.15) is 31.9 Å². The molecular formula is C16H23NO. The van der Waals surface area contributed by atoms with Gasteiger partial charge in [0.15, 0.2) is 0 Å². The van der Waals surface area contributed by atoms with Gasteiger partial charge in [-0.15, -0.1) is 0 Å². The Balaban J connectivity index is 2.04. The first-order valence-corrected chi connectivity index (χ1v) is 6.90. The molecule has 0 fully saturated rings. The molecule has 18 heavy (non-hydrogen) atoms. The van der Waals surface area contributed by atoms with Crippen molar-refractivity contribution in [1.29, 1.82) is 0 Å². The van der Waals surface area contributed by atoms with Gasteiger partial charge in [-0.3, -0.25) is 0 Å². The highest BCUT2D eigenvalue weighted by Crippen LogP contribution is 2.23. The third-order valence-electron chi connectivity index (χ3n) is 3.25. The zero-order chi connectivity index (χ0) is 13.0. The normalized spacial score (nSPS) is 11.6. The van der Waals surface area contributed by atoms with Gasteiger partial charge in [-0.1, -0.05) is 26.8 Å². The topological polar surface area (TPSA) is 25.2 Å². The van der Waals surface area contributed by atoms with Crippen molar-refractivity contribution in [2.24, 2.45) is 5.92 Å². The second-order valence-corrected chi connectivity index (χ2v) is 5.29. The largest absolute Gasteiger partial charge is 0.464 e. The molecule has 1 aromatic carbocycles. The van der Waals surface area contributed by atoms with E-state index in [1.54, 1.807) is 0 Å². The lowest BCUT2D eigenvalue weighted by Crippen LogP contribution is -2.21. The molecule has 2 rings (SSSR count). The Morgan fingerprint density at radius 2 is 2.11 bits per heavy atom. The number of fused-ring (bicyclic) bond motifs is 1. The summed E-state index contributed by atoms with van der Waals surface area (Å²) in [6.45, 7) is 8.74. The second-order valence-electron chi connectivity index (χ2n) is 5.29. The molecule has 0 aliphatic rings. The Bertz CT molecular complexity index is 499. The van der Waals surface area contributed by atoms with E-state index in [1.165, 1.54) is 16.5 Å². The molecule has 1 aromatic heterocycles. The molecule has 0 bridgehead atoms. The summed E-state index contributed by atoms with van der Waals surface area (Å²) in [7, 11) is 0. The van der Waals surface area contributed by atoms with Gasteiger partial charge < -0.3 is 9.73 Å². The smallest absolute Gasteiger partial charge is 0.134 e. The average Bonchev–Trinajstić information content (AvgIpc) is 2.76. The van der Waals surface area contributed by atoms with Gasteiger partial charge in [-0.05, 0) is 55.1 Å². The van der Waals surface area contributed by atoms with Crippen LogP contribution in [-0.4, -0.2) is 13.1 Å². The summed E-state index contributed by atoms with van der Waals surface area (Å²) in [5, 5.41) is 4.75. The van der Waals surface area contributed by atoms with E-state index in [9.17, 15) is 0 Å². The molecule has 0 saturated carbocycles. The molecule has 0 saturated heterocycles. The Hall–Kier alpha value is -1.28. The fourth-order valence-electron chi connectivity index (χ4n) is 2.16. The highest BCUT2D eigenvalue weighted by atomic mass is 16.3. The van der Waals surface area contributed by atoms with Crippen molar-refractivity contribution in [2.75, 3.05) is 13.1 Å². The van der Waals surface area contributed by atoms with Gasteiger partial charge in [0.2, 0.25) is 0 Å². The van der Waals surface area contributed by atoms with Crippen LogP contribution in [0.25, 0.3) is 11.0 Å². The number of nitrogens with one attached hydrogen (secondary N) is 1. The second kappa shape index (κ2) is 6.05. The van der Waals surface area contributed by atoms with Crippen LogP contribution in [0.4, 0.5) is 0 Å². The molecule has 0 atom stereocenters. The summed E-state index contributed by atoms with van der Waals surface area (Å²) < 4.78 is 5.60. The molecular weight excluding hydrogens is 222 g/mol. The Morgan fingerprint density at radius 3 is 2.83 bits per heavy atom. The van der Waals surface area contributed by atoms with E-state index in [4.69, 9.17) is 4.42 Å². The molecule has 0 unspecified atom stereocenters. The third-order valence-corrected chi connectivity index (χ3v) is 3.25. The molecule has 1 N–H and O–H groups in total. The van der Waals surface area contributed by atoms with Crippen LogP contribution in [0.15, 0.2) is 28.9 Å². The zero-order valence-corrected chi connectivity index (χ0v) is 11.6. The molecule has 0 aliphatic carbocycles. The van der Waals surface area contributed by atoms with Crippen molar-refractivity contribution in [1.82, 2.24) is 5.32 Å². The molecule has 0 spiro atoms. The standard InChI is InChI=1S/C16H23NO/c1-4-13-5-6-16-15(9-13)14(11-18-16)7-8-17-10-12(2)3/h5-6,9,11-12,17H,4,7-8,10H2,1-3H3. The Labute approximate surface area is 109 Å². The number of aryl methyl sites for hydroxylation is 1. The fourth-order valence-corrected chi connectivity index (χ4v) is 2.16. The lowest BCUT2D eigenvalue weighted by atomic mass is 10.1. The number of benzene rings is 1. The van der Waals surface area contributed by atoms with Gasteiger partial charge in [-0.25, -0.2) is 0 Å². The first-order valence-electron chi connectivity index (χ1n) is 6.90. The van der Waals surface area contributed by atoms with Gasteiger partial charge in [0.25, 0.3) is 0 Å². The summed E-state index contributed by atoms with van der Waals surface area (Å²) in [5.41, 5.74) is 3.70. The van der Waals surface area contributed by atoms with Crippen molar-refractivity contribution in [3.05, 3.63) is 35.6 Å². The van der Waals surface area contributed by atoms with Crippen LogP contribution in [0, 0.1) is 5.92 Å². The lowest BCUT2D eigenvalue weighted by molar-refractivity contribution is 0.552. The van der Waals surface area contributed by atoms with E-state index in [0.717, 1.165) is 31.5 Å². The fraction of sp³-hybridized carbons (Fsp3) is 0.500. The van der Waals surface area contributed by atoms with Crippen molar-refractivity contribution in [3.63, 3.8) is 0 Å². The Kier molecular flexibility index (Phi) is 4.43. The minimum absolute atomic E-state index is 0.706. The van der Waals surface area contributed by atoms with Gasteiger partial charge in [0, 0.05) is 5.39 Å². The van der Waals surface area contributed by atoms with E-state index in [0.29, 0.717) is 5.92 Å². The van der Waals surface area contributed by atoms with Crippen LogP contribution in [0.2, 0.25) is 0 Å². The summed E-state index contributed by atoms with van der Waals surface area (Å²) in [6, 6.07) is 6.49. The van der Waals surface area contributed by atoms with Crippen molar-refractivity contribution >= 4 is 11.0 Å². The molecule has 0 aliphatic heterocycles. The first-order chi connectivity index (χ1) is 8.70. The van der Waals surface area contributed by atoms with Crippen LogP contribution in [0.3, 0.4) is 0 Å². The van der Waals surface area contributed by atoms with E-state index < -0.39 is 0 Å². The SMILES string of the molecule is CCc1ccc2occ(CCNCC(C)C)c2c1. The monoisotopic (exact) mass is 245 g/mol. The van der Waals surface area contributed by atoms with E-state index in [1.807, 2.05) is 6.26 Å². The molecule has 1 heterocycles.